The Bertz CT molecular complexity index is 215. The van der Waals surface area contributed by atoms with Crippen molar-refractivity contribution in [2.45, 2.75) is 31.2 Å². The smallest absolute Gasteiger partial charge is 0.246 e. The third-order valence-electron chi connectivity index (χ3n) is 2.85. The molecule has 5 heteroatoms. The molecule has 0 heterocycles. The minimum atomic E-state index is -0.202. The second kappa shape index (κ2) is 6.83. The number of carbonyl (C=O) groups excluding carboxylic acids is 1. The molecule has 1 fully saturated rings. The highest BCUT2D eigenvalue weighted by molar-refractivity contribution is 5.77. The molecule has 0 aromatic rings. The molecule has 1 saturated carbocycles. The van der Waals surface area contributed by atoms with Crippen LogP contribution in [-0.2, 0) is 14.3 Å². The molecule has 0 aromatic carbocycles. The largest absolute Gasteiger partial charge is 0.383 e. The third-order valence-corrected chi connectivity index (χ3v) is 2.85. The first-order valence-electron chi connectivity index (χ1n) is 5.78. The van der Waals surface area contributed by atoms with E-state index in [-0.39, 0.29) is 18.1 Å². The van der Waals surface area contributed by atoms with Crippen molar-refractivity contribution in [3.8, 4) is 0 Å². The molecule has 0 unspecified atom stereocenters. The van der Waals surface area contributed by atoms with Crippen molar-refractivity contribution in [1.29, 1.82) is 0 Å². The van der Waals surface area contributed by atoms with E-state index in [1.165, 1.54) is 12.8 Å². The van der Waals surface area contributed by atoms with Gasteiger partial charge in [-0.25, -0.2) is 0 Å². The van der Waals surface area contributed by atoms with E-state index < -0.39 is 0 Å². The Morgan fingerprint density at radius 2 is 2.12 bits per heavy atom. The number of nitrogens with two attached hydrogens (primary N) is 1. The summed E-state index contributed by atoms with van der Waals surface area (Å²) < 4.78 is 10.2. The van der Waals surface area contributed by atoms with Crippen LogP contribution in [-0.4, -0.2) is 44.9 Å². The molecular formula is C11H22N2O3. The Morgan fingerprint density at radius 3 is 2.75 bits per heavy atom. The molecule has 0 atom stereocenters. The van der Waals surface area contributed by atoms with Gasteiger partial charge in [-0.15, -0.1) is 0 Å². The molecule has 0 bridgehead atoms. The highest BCUT2D eigenvalue weighted by atomic mass is 16.5. The number of hydrogen-bond donors (Lipinski definition) is 2. The Labute approximate surface area is 96.7 Å². The van der Waals surface area contributed by atoms with Crippen LogP contribution in [0.2, 0.25) is 0 Å². The van der Waals surface area contributed by atoms with E-state index in [1.807, 2.05) is 0 Å². The Kier molecular flexibility index (Phi) is 5.73. The van der Waals surface area contributed by atoms with Crippen LogP contribution in [0.25, 0.3) is 0 Å². The van der Waals surface area contributed by atoms with Gasteiger partial charge in [-0.3, -0.25) is 4.79 Å². The van der Waals surface area contributed by atoms with Gasteiger partial charge in [0.1, 0.15) is 6.61 Å². The maximum Gasteiger partial charge on any atom is 0.246 e. The van der Waals surface area contributed by atoms with E-state index in [0.29, 0.717) is 19.8 Å². The average Bonchev–Trinajstić information content (AvgIpc) is 2.66. The van der Waals surface area contributed by atoms with Crippen LogP contribution in [0.3, 0.4) is 0 Å². The molecular weight excluding hydrogens is 208 g/mol. The van der Waals surface area contributed by atoms with Gasteiger partial charge in [-0.05, 0) is 12.8 Å². The van der Waals surface area contributed by atoms with Crippen molar-refractivity contribution < 1.29 is 14.3 Å². The average molecular weight is 230 g/mol. The van der Waals surface area contributed by atoms with Crippen molar-refractivity contribution in [2.24, 2.45) is 5.73 Å². The highest BCUT2D eigenvalue weighted by Crippen LogP contribution is 2.27. The molecule has 1 aliphatic carbocycles. The van der Waals surface area contributed by atoms with Crippen LogP contribution in [0.4, 0.5) is 0 Å². The fourth-order valence-corrected chi connectivity index (χ4v) is 1.91. The number of nitrogens with one attached hydrogen (secondary N) is 1. The standard InChI is InChI=1S/C11H22N2O3/c1-15-7-6-13-10(14)8-16-9-11(12)4-2-3-5-11/h2-9,12H2,1H3,(H,13,14). The predicted molar refractivity (Wildman–Crippen MR) is 61.1 cm³/mol. The molecule has 16 heavy (non-hydrogen) atoms. The topological polar surface area (TPSA) is 73.6 Å². The van der Waals surface area contributed by atoms with Crippen LogP contribution < -0.4 is 11.1 Å². The number of hydrogen-bond acceptors (Lipinski definition) is 4. The van der Waals surface area contributed by atoms with Crippen LogP contribution in [0.5, 0.6) is 0 Å². The Morgan fingerprint density at radius 1 is 1.44 bits per heavy atom. The van der Waals surface area contributed by atoms with Gasteiger partial charge in [-0.1, -0.05) is 12.8 Å². The Hall–Kier alpha value is -0.650. The van der Waals surface area contributed by atoms with Crippen molar-refractivity contribution in [3.05, 3.63) is 0 Å². The number of carbonyl (C=O) groups is 1. The minimum absolute atomic E-state index is 0.0860. The zero-order valence-electron chi connectivity index (χ0n) is 9.96. The van der Waals surface area contributed by atoms with Gasteiger partial charge < -0.3 is 20.5 Å². The van der Waals surface area contributed by atoms with Gasteiger partial charge in [0, 0.05) is 19.2 Å². The summed E-state index contributed by atoms with van der Waals surface area (Å²) in [4.78, 5) is 11.3. The van der Waals surface area contributed by atoms with E-state index in [1.54, 1.807) is 7.11 Å². The lowest BCUT2D eigenvalue weighted by Gasteiger charge is -2.22. The van der Waals surface area contributed by atoms with Gasteiger partial charge in [-0.2, -0.15) is 0 Å². The quantitative estimate of drug-likeness (QED) is 0.605. The molecule has 5 nitrogen and oxygen atoms in total. The van der Waals surface area contributed by atoms with Crippen LogP contribution >= 0.6 is 0 Å². The summed E-state index contributed by atoms with van der Waals surface area (Å²) >= 11 is 0. The van der Waals surface area contributed by atoms with Crippen molar-refractivity contribution >= 4 is 5.91 Å². The van der Waals surface area contributed by atoms with Gasteiger partial charge in [0.15, 0.2) is 0 Å². The molecule has 1 amide bonds. The van der Waals surface area contributed by atoms with Crippen molar-refractivity contribution in [3.63, 3.8) is 0 Å². The first kappa shape index (κ1) is 13.4. The maximum atomic E-state index is 11.3. The fraction of sp³-hybridized carbons (Fsp3) is 0.909. The summed E-state index contributed by atoms with van der Waals surface area (Å²) in [5.41, 5.74) is 5.89. The van der Waals surface area contributed by atoms with E-state index in [4.69, 9.17) is 15.2 Å². The third kappa shape index (κ3) is 4.92. The van der Waals surface area contributed by atoms with Gasteiger partial charge in [0.05, 0.1) is 13.2 Å². The molecule has 0 spiro atoms. The predicted octanol–water partition coefficient (Wildman–Crippen LogP) is 0.0371. The summed E-state index contributed by atoms with van der Waals surface area (Å²) in [7, 11) is 1.60. The molecule has 3 N–H and O–H groups in total. The van der Waals surface area contributed by atoms with E-state index in [2.05, 4.69) is 5.32 Å². The van der Waals surface area contributed by atoms with Crippen LogP contribution in [0.15, 0.2) is 0 Å². The first-order chi connectivity index (χ1) is 7.66. The second-order valence-electron chi connectivity index (χ2n) is 4.41. The summed E-state index contributed by atoms with van der Waals surface area (Å²) in [6.45, 7) is 1.60. The van der Waals surface area contributed by atoms with Gasteiger partial charge >= 0.3 is 0 Å². The number of methoxy groups -OCH3 is 1. The lowest BCUT2D eigenvalue weighted by atomic mass is 10.0. The lowest BCUT2D eigenvalue weighted by Crippen LogP contribution is -2.42. The van der Waals surface area contributed by atoms with Crippen LogP contribution in [0.1, 0.15) is 25.7 Å². The molecule has 0 aliphatic heterocycles. The SMILES string of the molecule is COCCNC(=O)COCC1(N)CCCC1. The first-order valence-corrected chi connectivity index (χ1v) is 5.78. The second-order valence-corrected chi connectivity index (χ2v) is 4.41. The summed E-state index contributed by atoms with van der Waals surface area (Å²) in [5.74, 6) is -0.112. The zero-order chi connectivity index (χ0) is 11.9. The van der Waals surface area contributed by atoms with Crippen LogP contribution in [0, 0.1) is 0 Å². The van der Waals surface area contributed by atoms with Gasteiger partial charge in [0.25, 0.3) is 0 Å². The van der Waals surface area contributed by atoms with Gasteiger partial charge in [0.2, 0.25) is 5.91 Å². The molecule has 1 aliphatic rings. The summed E-state index contributed by atoms with van der Waals surface area (Å²) in [6, 6.07) is 0. The molecule has 0 radical (unpaired) electrons. The lowest BCUT2D eigenvalue weighted by molar-refractivity contribution is -0.126. The fourth-order valence-electron chi connectivity index (χ4n) is 1.91. The zero-order valence-corrected chi connectivity index (χ0v) is 9.96. The summed E-state index contributed by atoms with van der Waals surface area (Å²) in [6.07, 6.45) is 4.33. The highest BCUT2D eigenvalue weighted by Gasteiger charge is 2.29. The monoisotopic (exact) mass is 230 g/mol. The number of ether oxygens (including phenoxy) is 2. The normalized spacial score (nSPS) is 18.6. The molecule has 0 aromatic heterocycles. The summed E-state index contributed by atoms with van der Waals surface area (Å²) in [5, 5.41) is 2.69. The van der Waals surface area contributed by atoms with E-state index in [9.17, 15) is 4.79 Å². The minimum Gasteiger partial charge on any atom is -0.383 e. The number of amides is 1. The molecule has 1 rings (SSSR count). The van der Waals surface area contributed by atoms with Crippen molar-refractivity contribution in [1.82, 2.24) is 5.32 Å². The molecule has 94 valence electrons. The van der Waals surface area contributed by atoms with E-state index >= 15 is 0 Å². The maximum absolute atomic E-state index is 11.3. The molecule has 0 saturated heterocycles. The number of rotatable bonds is 7. The Balaban J connectivity index is 2.03. The van der Waals surface area contributed by atoms with E-state index in [0.717, 1.165) is 12.8 Å². The van der Waals surface area contributed by atoms with Crippen molar-refractivity contribution in [2.75, 3.05) is 33.5 Å².